The van der Waals surface area contributed by atoms with Crippen LogP contribution in [0.15, 0.2) is 42.5 Å². The molecule has 166 valence electrons. The lowest BCUT2D eigenvalue weighted by Crippen LogP contribution is -2.35. The molecule has 2 aromatic rings. The molecule has 5 heteroatoms. The van der Waals surface area contributed by atoms with Crippen molar-refractivity contribution in [2.45, 2.75) is 51.5 Å². The SMILES string of the molecule is CC(=O)N(C)C1Cc2ccc(C(=O)CCCCN(C)CCc3ccccc3Cl)cc2C1. The highest BCUT2D eigenvalue weighted by molar-refractivity contribution is 6.31. The third-order valence-electron chi connectivity index (χ3n) is 6.40. The third kappa shape index (κ3) is 6.41. The molecule has 0 bridgehead atoms. The number of fused-ring (bicyclic) bond motifs is 1. The summed E-state index contributed by atoms with van der Waals surface area (Å²) >= 11 is 6.23. The van der Waals surface area contributed by atoms with Crippen LogP contribution in [0.5, 0.6) is 0 Å². The molecule has 1 unspecified atom stereocenters. The Morgan fingerprint density at radius 3 is 2.48 bits per heavy atom. The molecule has 1 amide bonds. The third-order valence-corrected chi connectivity index (χ3v) is 6.77. The second-order valence-corrected chi connectivity index (χ2v) is 9.11. The minimum absolute atomic E-state index is 0.0888. The minimum Gasteiger partial charge on any atom is -0.342 e. The van der Waals surface area contributed by atoms with Gasteiger partial charge in [-0.05, 0) is 74.5 Å². The number of hydrogen-bond donors (Lipinski definition) is 0. The number of carbonyl (C=O) groups excluding carboxylic acids is 2. The molecule has 0 aromatic heterocycles. The Hall–Kier alpha value is -2.17. The first-order valence-corrected chi connectivity index (χ1v) is 11.5. The van der Waals surface area contributed by atoms with Crippen molar-refractivity contribution >= 4 is 23.3 Å². The second-order valence-electron chi connectivity index (χ2n) is 8.70. The van der Waals surface area contributed by atoms with Gasteiger partial charge in [-0.25, -0.2) is 0 Å². The summed E-state index contributed by atoms with van der Waals surface area (Å²) in [6.07, 6.45) is 5.12. The molecule has 4 nitrogen and oxygen atoms in total. The van der Waals surface area contributed by atoms with E-state index in [1.165, 1.54) is 16.7 Å². The van der Waals surface area contributed by atoms with Gasteiger partial charge in [0.1, 0.15) is 0 Å². The molecule has 0 saturated heterocycles. The topological polar surface area (TPSA) is 40.6 Å². The maximum atomic E-state index is 12.7. The highest BCUT2D eigenvalue weighted by Gasteiger charge is 2.26. The van der Waals surface area contributed by atoms with Crippen molar-refractivity contribution in [3.63, 3.8) is 0 Å². The Bertz CT molecular complexity index is 927. The molecular weight excluding hydrogens is 408 g/mol. The van der Waals surface area contributed by atoms with Crippen molar-refractivity contribution in [3.8, 4) is 0 Å². The van der Waals surface area contributed by atoms with E-state index in [1.54, 1.807) is 6.92 Å². The number of rotatable bonds is 10. The van der Waals surface area contributed by atoms with Crippen molar-refractivity contribution in [3.05, 3.63) is 69.7 Å². The number of nitrogens with zero attached hydrogens (tertiary/aromatic N) is 2. The maximum absolute atomic E-state index is 12.7. The Morgan fingerprint density at radius 1 is 1.00 bits per heavy atom. The fourth-order valence-corrected chi connectivity index (χ4v) is 4.47. The van der Waals surface area contributed by atoms with Crippen molar-refractivity contribution in [2.24, 2.45) is 0 Å². The minimum atomic E-state index is 0.0888. The lowest BCUT2D eigenvalue weighted by molar-refractivity contribution is -0.129. The summed E-state index contributed by atoms with van der Waals surface area (Å²) in [4.78, 5) is 28.4. The van der Waals surface area contributed by atoms with Gasteiger partial charge in [-0.2, -0.15) is 0 Å². The van der Waals surface area contributed by atoms with E-state index in [4.69, 9.17) is 11.6 Å². The number of carbonyl (C=O) groups is 2. The molecule has 0 N–H and O–H groups in total. The predicted octanol–water partition coefficient (Wildman–Crippen LogP) is 4.81. The molecule has 0 saturated carbocycles. The van der Waals surface area contributed by atoms with E-state index in [1.807, 2.05) is 42.3 Å². The smallest absolute Gasteiger partial charge is 0.219 e. The van der Waals surface area contributed by atoms with Gasteiger partial charge in [0.25, 0.3) is 0 Å². The molecule has 2 aromatic carbocycles. The lowest BCUT2D eigenvalue weighted by Gasteiger charge is -2.22. The second kappa shape index (κ2) is 10.9. The first-order chi connectivity index (χ1) is 14.8. The lowest BCUT2D eigenvalue weighted by atomic mass is 10.0. The van der Waals surface area contributed by atoms with Crippen molar-refractivity contribution in [2.75, 3.05) is 27.2 Å². The van der Waals surface area contributed by atoms with E-state index < -0.39 is 0 Å². The summed E-state index contributed by atoms with van der Waals surface area (Å²) in [6, 6.07) is 14.3. The Labute approximate surface area is 191 Å². The monoisotopic (exact) mass is 440 g/mol. The highest BCUT2D eigenvalue weighted by Crippen LogP contribution is 2.27. The standard InChI is InChI=1S/C26H33ClN2O2/c1-19(30)29(3)24-17-21-11-12-22(16-23(21)18-24)26(31)10-6-7-14-28(2)15-13-20-8-4-5-9-25(20)27/h4-5,8-9,11-12,16,24H,6-7,10,13-15,17-18H2,1-3H3. The Morgan fingerprint density at radius 2 is 1.74 bits per heavy atom. The van der Waals surface area contributed by atoms with Crippen LogP contribution in [0.1, 0.15) is 53.2 Å². The summed E-state index contributed by atoms with van der Waals surface area (Å²) < 4.78 is 0. The number of Topliss-reactive ketones (excluding diaryl/α,β-unsaturated/α-hetero) is 1. The summed E-state index contributed by atoms with van der Waals surface area (Å²) in [5.74, 6) is 0.302. The molecule has 3 rings (SSSR count). The predicted molar refractivity (Wildman–Crippen MR) is 127 cm³/mol. The molecule has 1 aliphatic rings. The fraction of sp³-hybridized carbons (Fsp3) is 0.462. The summed E-state index contributed by atoms with van der Waals surface area (Å²) in [6.45, 7) is 3.53. The van der Waals surface area contributed by atoms with Gasteiger partial charge < -0.3 is 9.80 Å². The van der Waals surface area contributed by atoms with Gasteiger partial charge in [0.2, 0.25) is 5.91 Å². The van der Waals surface area contributed by atoms with Crippen LogP contribution in [0, 0.1) is 0 Å². The first kappa shape index (κ1) is 23.5. The summed E-state index contributed by atoms with van der Waals surface area (Å²) in [5.41, 5.74) is 4.45. The van der Waals surface area contributed by atoms with Gasteiger partial charge in [0.05, 0.1) is 0 Å². The zero-order valence-electron chi connectivity index (χ0n) is 18.9. The van der Waals surface area contributed by atoms with E-state index in [0.717, 1.165) is 55.8 Å². The van der Waals surface area contributed by atoms with Crippen molar-refractivity contribution in [1.82, 2.24) is 9.80 Å². The number of unbranched alkanes of at least 4 members (excludes halogenated alkanes) is 1. The van der Waals surface area contributed by atoms with Gasteiger partial charge >= 0.3 is 0 Å². The van der Waals surface area contributed by atoms with Gasteiger partial charge in [-0.15, -0.1) is 0 Å². The zero-order chi connectivity index (χ0) is 22.4. The molecule has 1 atom stereocenters. The Kier molecular flexibility index (Phi) is 8.28. The van der Waals surface area contributed by atoms with Crippen LogP contribution in [0.4, 0.5) is 0 Å². The molecule has 0 spiro atoms. The van der Waals surface area contributed by atoms with E-state index in [9.17, 15) is 9.59 Å². The number of likely N-dealkylation sites (N-methyl/N-ethyl adjacent to an activating group) is 2. The normalized spacial score (nSPS) is 15.2. The molecular formula is C26H33ClN2O2. The molecule has 0 radical (unpaired) electrons. The average molecular weight is 441 g/mol. The van der Waals surface area contributed by atoms with Gasteiger partial charge in [0, 0.05) is 43.6 Å². The summed E-state index contributed by atoms with van der Waals surface area (Å²) in [7, 11) is 3.98. The largest absolute Gasteiger partial charge is 0.342 e. The molecule has 0 heterocycles. The molecule has 31 heavy (non-hydrogen) atoms. The van der Waals surface area contributed by atoms with Crippen LogP contribution in [0.25, 0.3) is 0 Å². The number of amides is 1. The van der Waals surface area contributed by atoms with Crippen LogP contribution in [-0.4, -0.2) is 54.7 Å². The van der Waals surface area contributed by atoms with E-state index in [0.29, 0.717) is 6.42 Å². The maximum Gasteiger partial charge on any atom is 0.219 e. The number of halogens is 1. The van der Waals surface area contributed by atoms with Crippen molar-refractivity contribution < 1.29 is 9.59 Å². The van der Waals surface area contributed by atoms with Crippen LogP contribution in [0.2, 0.25) is 5.02 Å². The highest BCUT2D eigenvalue weighted by atomic mass is 35.5. The number of benzene rings is 2. The number of hydrogen-bond acceptors (Lipinski definition) is 3. The molecule has 0 fully saturated rings. The van der Waals surface area contributed by atoms with E-state index in [2.05, 4.69) is 24.1 Å². The number of ketones is 1. The van der Waals surface area contributed by atoms with E-state index in [-0.39, 0.29) is 17.7 Å². The average Bonchev–Trinajstić information content (AvgIpc) is 3.18. The molecule has 1 aliphatic carbocycles. The van der Waals surface area contributed by atoms with Crippen molar-refractivity contribution in [1.29, 1.82) is 0 Å². The Balaban J connectivity index is 1.40. The van der Waals surface area contributed by atoms with Crippen LogP contribution < -0.4 is 0 Å². The zero-order valence-corrected chi connectivity index (χ0v) is 19.6. The quantitative estimate of drug-likeness (QED) is 0.393. The fourth-order valence-electron chi connectivity index (χ4n) is 4.24. The molecule has 0 aliphatic heterocycles. The van der Waals surface area contributed by atoms with Crippen LogP contribution in [0.3, 0.4) is 0 Å². The first-order valence-electron chi connectivity index (χ1n) is 11.2. The van der Waals surface area contributed by atoms with Crippen LogP contribution >= 0.6 is 11.6 Å². The van der Waals surface area contributed by atoms with Gasteiger partial charge in [-0.3, -0.25) is 9.59 Å². The summed E-state index contributed by atoms with van der Waals surface area (Å²) in [5, 5.41) is 0.829. The van der Waals surface area contributed by atoms with Gasteiger partial charge in [0.15, 0.2) is 5.78 Å². The van der Waals surface area contributed by atoms with E-state index >= 15 is 0 Å². The van der Waals surface area contributed by atoms with Crippen LogP contribution in [-0.2, 0) is 24.1 Å². The van der Waals surface area contributed by atoms with Gasteiger partial charge in [-0.1, -0.05) is 41.9 Å².